The number of rotatable bonds is 3. The second-order valence-corrected chi connectivity index (χ2v) is 4.81. The summed E-state index contributed by atoms with van der Waals surface area (Å²) in [6.07, 6.45) is 6.07. The summed E-state index contributed by atoms with van der Waals surface area (Å²) in [5, 5.41) is 3.61. The van der Waals surface area contributed by atoms with Crippen LogP contribution < -0.4 is 5.32 Å². The lowest BCUT2D eigenvalue weighted by Crippen LogP contribution is -2.40. The SMILES string of the molecule is C=CC(C)NC1CC(C)CC(C)C1. The molecule has 0 saturated heterocycles. The van der Waals surface area contributed by atoms with Crippen molar-refractivity contribution in [2.24, 2.45) is 11.8 Å². The second-order valence-electron chi connectivity index (χ2n) is 4.81. The van der Waals surface area contributed by atoms with Gasteiger partial charge in [-0.2, -0.15) is 0 Å². The van der Waals surface area contributed by atoms with Gasteiger partial charge in [0.05, 0.1) is 0 Å². The first-order chi connectivity index (χ1) is 6.11. The van der Waals surface area contributed by atoms with Crippen LogP contribution in [0.3, 0.4) is 0 Å². The number of hydrogen-bond acceptors (Lipinski definition) is 1. The fourth-order valence-corrected chi connectivity index (χ4v) is 2.52. The largest absolute Gasteiger partial charge is 0.308 e. The van der Waals surface area contributed by atoms with Crippen LogP contribution in [0.2, 0.25) is 0 Å². The molecule has 0 bridgehead atoms. The molecule has 0 aromatic heterocycles. The van der Waals surface area contributed by atoms with Crippen molar-refractivity contribution in [3.8, 4) is 0 Å². The van der Waals surface area contributed by atoms with Crippen molar-refractivity contribution >= 4 is 0 Å². The van der Waals surface area contributed by atoms with E-state index in [1.54, 1.807) is 0 Å². The van der Waals surface area contributed by atoms with Gasteiger partial charge >= 0.3 is 0 Å². The van der Waals surface area contributed by atoms with Crippen molar-refractivity contribution in [3.05, 3.63) is 12.7 Å². The summed E-state index contributed by atoms with van der Waals surface area (Å²) < 4.78 is 0. The van der Waals surface area contributed by atoms with Gasteiger partial charge in [-0.3, -0.25) is 0 Å². The van der Waals surface area contributed by atoms with E-state index in [2.05, 4.69) is 32.7 Å². The first kappa shape index (κ1) is 10.8. The van der Waals surface area contributed by atoms with E-state index in [0.717, 1.165) is 11.8 Å². The van der Waals surface area contributed by atoms with Gasteiger partial charge in [-0.15, -0.1) is 6.58 Å². The molecule has 1 aliphatic carbocycles. The Balaban J connectivity index is 2.36. The molecule has 0 amide bonds. The van der Waals surface area contributed by atoms with Gasteiger partial charge in [0.1, 0.15) is 0 Å². The van der Waals surface area contributed by atoms with Gasteiger partial charge < -0.3 is 5.32 Å². The summed E-state index contributed by atoms with van der Waals surface area (Å²) in [4.78, 5) is 0. The van der Waals surface area contributed by atoms with Gasteiger partial charge in [0.15, 0.2) is 0 Å². The Bertz CT molecular complexity index is 155. The maximum atomic E-state index is 3.80. The Kier molecular flexibility index (Phi) is 3.98. The van der Waals surface area contributed by atoms with Gasteiger partial charge in [-0.1, -0.05) is 19.9 Å². The van der Waals surface area contributed by atoms with E-state index in [1.165, 1.54) is 19.3 Å². The van der Waals surface area contributed by atoms with E-state index in [9.17, 15) is 0 Å². The molecular formula is C12H23N. The molecule has 13 heavy (non-hydrogen) atoms. The van der Waals surface area contributed by atoms with Crippen molar-refractivity contribution < 1.29 is 0 Å². The van der Waals surface area contributed by atoms with Gasteiger partial charge in [0.25, 0.3) is 0 Å². The molecule has 0 heterocycles. The minimum absolute atomic E-state index is 0.461. The Hall–Kier alpha value is -0.300. The van der Waals surface area contributed by atoms with E-state index < -0.39 is 0 Å². The van der Waals surface area contributed by atoms with Crippen LogP contribution in [0.15, 0.2) is 12.7 Å². The second kappa shape index (κ2) is 4.80. The van der Waals surface area contributed by atoms with Gasteiger partial charge in [0.2, 0.25) is 0 Å². The van der Waals surface area contributed by atoms with Gasteiger partial charge in [-0.25, -0.2) is 0 Å². The molecule has 0 spiro atoms. The van der Waals surface area contributed by atoms with Crippen LogP contribution in [0.1, 0.15) is 40.0 Å². The zero-order valence-corrected chi connectivity index (χ0v) is 9.22. The molecule has 0 aliphatic heterocycles. The Morgan fingerprint density at radius 1 is 1.23 bits per heavy atom. The van der Waals surface area contributed by atoms with Gasteiger partial charge in [0, 0.05) is 12.1 Å². The predicted octanol–water partition coefficient (Wildman–Crippen LogP) is 2.98. The molecule has 1 N–H and O–H groups in total. The lowest BCUT2D eigenvalue weighted by atomic mass is 9.80. The Morgan fingerprint density at radius 2 is 1.77 bits per heavy atom. The highest BCUT2D eigenvalue weighted by Gasteiger charge is 2.23. The van der Waals surface area contributed by atoms with E-state index >= 15 is 0 Å². The molecule has 0 aromatic carbocycles. The van der Waals surface area contributed by atoms with E-state index in [4.69, 9.17) is 0 Å². The standard InChI is InChI=1S/C12H23N/c1-5-11(4)13-12-7-9(2)6-10(3)8-12/h5,9-13H,1,6-8H2,2-4H3. The molecular weight excluding hydrogens is 158 g/mol. The molecule has 0 radical (unpaired) electrons. The summed E-state index contributed by atoms with van der Waals surface area (Å²) in [5.74, 6) is 1.77. The van der Waals surface area contributed by atoms with Gasteiger partial charge in [-0.05, 0) is 38.0 Å². The quantitative estimate of drug-likeness (QED) is 0.660. The monoisotopic (exact) mass is 181 g/mol. The van der Waals surface area contributed by atoms with E-state index in [0.29, 0.717) is 12.1 Å². The van der Waals surface area contributed by atoms with E-state index in [1.807, 2.05) is 6.08 Å². The molecule has 0 aromatic rings. The lowest BCUT2D eigenvalue weighted by Gasteiger charge is -2.33. The number of nitrogens with one attached hydrogen (secondary N) is 1. The van der Waals surface area contributed by atoms with Crippen molar-refractivity contribution in [2.75, 3.05) is 0 Å². The highest BCUT2D eigenvalue weighted by Crippen LogP contribution is 2.28. The average molecular weight is 181 g/mol. The summed E-state index contributed by atoms with van der Waals surface area (Å²) >= 11 is 0. The maximum absolute atomic E-state index is 3.80. The maximum Gasteiger partial charge on any atom is 0.0221 e. The van der Waals surface area contributed by atoms with Crippen LogP contribution in [0.5, 0.6) is 0 Å². The molecule has 1 saturated carbocycles. The molecule has 1 nitrogen and oxygen atoms in total. The third-order valence-electron chi connectivity index (χ3n) is 3.03. The van der Waals surface area contributed by atoms with Crippen molar-refractivity contribution in [2.45, 2.75) is 52.1 Å². The molecule has 1 rings (SSSR count). The minimum Gasteiger partial charge on any atom is -0.308 e. The fraction of sp³-hybridized carbons (Fsp3) is 0.833. The van der Waals surface area contributed by atoms with Crippen molar-refractivity contribution in [1.82, 2.24) is 5.32 Å². The number of hydrogen-bond donors (Lipinski definition) is 1. The fourth-order valence-electron chi connectivity index (χ4n) is 2.52. The summed E-state index contributed by atoms with van der Waals surface area (Å²) in [6, 6.07) is 1.18. The summed E-state index contributed by atoms with van der Waals surface area (Å²) in [7, 11) is 0. The Morgan fingerprint density at radius 3 is 2.23 bits per heavy atom. The highest BCUT2D eigenvalue weighted by atomic mass is 14.9. The van der Waals surface area contributed by atoms with Crippen LogP contribution in [-0.4, -0.2) is 12.1 Å². The molecule has 3 atom stereocenters. The van der Waals surface area contributed by atoms with E-state index in [-0.39, 0.29) is 0 Å². The average Bonchev–Trinajstić information content (AvgIpc) is 2.02. The Labute approximate surface area is 82.6 Å². The van der Waals surface area contributed by atoms with Crippen LogP contribution in [0.4, 0.5) is 0 Å². The van der Waals surface area contributed by atoms with Crippen LogP contribution in [0, 0.1) is 11.8 Å². The van der Waals surface area contributed by atoms with Crippen molar-refractivity contribution in [1.29, 1.82) is 0 Å². The normalized spacial score (nSPS) is 37.0. The first-order valence-electron chi connectivity index (χ1n) is 5.50. The van der Waals surface area contributed by atoms with Crippen LogP contribution >= 0.6 is 0 Å². The summed E-state index contributed by atoms with van der Waals surface area (Å²) in [5.41, 5.74) is 0. The summed E-state index contributed by atoms with van der Waals surface area (Å²) in [6.45, 7) is 10.7. The van der Waals surface area contributed by atoms with Crippen LogP contribution in [0.25, 0.3) is 0 Å². The van der Waals surface area contributed by atoms with Crippen LogP contribution in [-0.2, 0) is 0 Å². The third-order valence-corrected chi connectivity index (χ3v) is 3.03. The molecule has 1 heteroatoms. The minimum atomic E-state index is 0.461. The third kappa shape index (κ3) is 3.51. The highest BCUT2D eigenvalue weighted by molar-refractivity contribution is 4.87. The predicted molar refractivity (Wildman–Crippen MR) is 58.8 cm³/mol. The smallest absolute Gasteiger partial charge is 0.0221 e. The zero-order chi connectivity index (χ0) is 9.84. The first-order valence-corrected chi connectivity index (χ1v) is 5.50. The van der Waals surface area contributed by atoms with Crippen molar-refractivity contribution in [3.63, 3.8) is 0 Å². The zero-order valence-electron chi connectivity index (χ0n) is 9.22. The lowest BCUT2D eigenvalue weighted by molar-refractivity contribution is 0.234. The molecule has 3 unspecified atom stereocenters. The molecule has 1 fully saturated rings. The topological polar surface area (TPSA) is 12.0 Å². The molecule has 76 valence electrons. The molecule has 1 aliphatic rings.